The molecule has 0 saturated carbocycles. The first-order chi connectivity index (χ1) is 15.7. The van der Waals surface area contributed by atoms with Gasteiger partial charge in [0, 0.05) is 23.3 Å². The van der Waals surface area contributed by atoms with Crippen LogP contribution in [0.1, 0.15) is 20.7 Å². The van der Waals surface area contributed by atoms with E-state index in [2.05, 4.69) is 0 Å². The van der Waals surface area contributed by atoms with Crippen molar-refractivity contribution in [2.24, 2.45) is 0 Å². The number of phenolic OH excluding ortho intramolecular Hbond substituents is 1. The van der Waals surface area contributed by atoms with Crippen LogP contribution in [-0.2, 0) is 4.74 Å². The van der Waals surface area contributed by atoms with Gasteiger partial charge in [-0.15, -0.1) is 0 Å². The summed E-state index contributed by atoms with van der Waals surface area (Å²) in [5, 5.41) is 49.2. The smallest absolute Gasteiger partial charge is 0.233 e. The molecule has 3 rings (SSSR count). The summed E-state index contributed by atoms with van der Waals surface area (Å²) in [6.07, 6.45) is -7.71. The molecule has 0 bridgehead atoms. The zero-order valence-corrected chi connectivity index (χ0v) is 17.7. The van der Waals surface area contributed by atoms with Gasteiger partial charge in [0.1, 0.15) is 47.4 Å². The molecule has 1 aliphatic heterocycles. The van der Waals surface area contributed by atoms with Crippen molar-refractivity contribution in [3.63, 3.8) is 0 Å². The van der Waals surface area contributed by atoms with Crippen LogP contribution in [-0.4, -0.2) is 88.6 Å². The van der Waals surface area contributed by atoms with Gasteiger partial charge >= 0.3 is 0 Å². The Labute approximate surface area is 188 Å². The summed E-state index contributed by atoms with van der Waals surface area (Å²) in [6.45, 7) is -0.660. The highest BCUT2D eigenvalue weighted by atomic mass is 16.7. The fourth-order valence-electron chi connectivity index (χ4n) is 3.28. The van der Waals surface area contributed by atoms with E-state index in [0.717, 1.165) is 18.2 Å². The lowest BCUT2D eigenvalue weighted by Gasteiger charge is -2.39. The molecule has 178 valence electrons. The molecule has 1 heterocycles. The minimum atomic E-state index is -1.70. The Morgan fingerprint density at radius 3 is 1.91 bits per heavy atom. The van der Waals surface area contributed by atoms with Crippen molar-refractivity contribution in [1.29, 1.82) is 0 Å². The molecule has 1 saturated heterocycles. The lowest BCUT2D eigenvalue weighted by molar-refractivity contribution is -0.277. The Kier molecular flexibility index (Phi) is 7.51. The number of carbonyl (C=O) groups excluding carboxylic acids is 2. The van der Waals surface area contributed by atoms with E-state index >= 15 is 0 Å². The number of aromatic hydroxyl groups is 1. The van der Waals surface area contributed by atoms with Crippen molar-refractivity contribution < 1.29 is 54.1 Å². The molecule has 5 atom stereocenters. The maximum absolute atomic E-state index is 12.8. The first kappa shape index (κ1) is 24.4. The van der Waals surface area contributed by atoms with Crippen molar-refractivity contribution in [2.75, 3.05) is 20.8 Å². The summed E-state index contributed by atoms with van der Waals surface area (Å²) in [7, 11) is 2.78. The number of benzene rings is 2. The monoisotopic (exact) mass is 464 g/mol. The Morgan fingerprint density at radius 1 is 0.818 bits per heavy atom. The largest absolute Gasteiger partial charge is 0.508 e. The Hall–Kier alpha value is -3.22. The van der Waals surface area contributed by atoms with E-state index in [1.807, 2.05) is 0 Å². The summed E-state index contributed by atoms with van der Waals surface area (Å²) >= 11 is 0. The Balaban J connectivity index is 1.85. The molecular weight excluding hydrogens is 440 g/mol. The number of Topliss-reactive ketones (excluding diaryl/α,β-unsaturated/α-hetero) is 2. The van der Waals surface area contributed by atoms with Gasteiger partial charge in [0.05, 0.1) is 20.8 Å². The highest BCUT2D eigenvalue weighted by Crippen LogP contribution is 2.29. The van der Waals surface area contributed by atoms with Crippen LogP contribution in [0.3, 0.4) is 0 Å². The maximum Gasteiger partial charge on any atom is 0.233 e. The molecule has 33 heavy (non-hydrogen) atoms. The van der Waals surface area contributed by atoms with Gasteiger partial charge in [-0.25, -0.2) is 0 Å². The number of aliphatic hydroxyl groups is 4. The van der Waals surface area contributed by atoms with Crippen molar-refractivity contribution >= 4 is 11.6 Å². The van der Waals surface area contributed by atoms with Gasteiger partial charge in [-0.2, -0.15) is 0 Å². The third-order valence-electron chi connectivity index (χ3n) is 5.07. The normalized spacial score (nSPS) is 24.7. The van der Waals surface area contributed by atoms with Crippen LogP contribution in [0.5, 0.6) is 23.0 Å². The summed E-state index contributed by atoms with van der Waals surface area (Å²) in [4.78, 5) is 25.6. The van der Waals surface area contributed by atoms with Gasteiger partial charge in [-0.05, 0) is 24.3 Å². The molecule has 11 nitrogen and oxygen atoms in total. The molecular formula is C22H24O11. The molecule has 0 unspecified atom stereocenters. The number of hydrogen-bond acceptors (Lipinski definition) is 11. The zero-order chi connectivity index (χ0) is 24.3. The van der Waals surface area contributed by atoms with E-state index in [1.165, 1.54) is 32.4 Å². The summed E-state index contributed by atoms with van der Waals surface area (Å²) in [5.74, 6) is -1.87. The van der Waals surface area contributed by atoms with E-state index < -0.39 is 54.6 Å². The lowest BCUT2D eigenvalue weighted by atomic mass is 9.99. The van der Waals surface area contributed by atoms with Gasteiger partial charge in [-0.1, -0.05) is 0 Å². The predicted octanol–water partition coefficient (Wildman–Crippen LogP) is -0.346. The minimum Gasteiger partial charge on any atom is -0.508 e. The number of methoxy groups -OCH3 is 2. The molecule has 2 aromatic carbocycles. The second-order valence-corrected chi connectivity index (χ2v) is 7.29. The van der Waals surface area contributed by atoms with Crippen LogP contribution in [0.4, 0.5) is 0 Å². The average Bonchev–Trinajstić information content (AvgIpc) is 2.82. The fourth-order valence-corrected chi connectivity index (χ4v) is 3.28. The molecule has 0 spiro atoms. The van der Waals surface area contributed by atoms with Crippen LogP contribution in [0, 0.1) is 0 Å². The first-order valence-electron chi connectivity index (χ1n) is 9.81. The summed E-state index contributed by atoms with van der Waals surface area (Å²) in [6, 6.07) is 7.53. The van der Waals surface area contributed by atoms with Crippen LogP contribution < -0.4 is 14.2 Å². The van der Waals surface area contributed by atoms with Crippen LogP contribution >= 0.6 is 0 Å². The molecule has 0 radical (unpaired) electrons. The number of carbonyl (C=O) groups is 2. The third-order valence-corrected chi connectivity index (χ3v) is 5.07. The van der Waals surface area contributed by atoms with E-state index in [4.69, 9.17) is 18.9 Å². The summed E-state index contributed by atoms with van der Waals surface area (Å²) < 4.78 is 20.9. The van der Waals surface area contributed by atoms with Gasteiger partial charge in [-0.3, -0.25) is 9.59 Å². The van der Waals surface area contributed by atoms with Crippen molar-refractivity contribution in [3.05, 3.63) is 47.5 Å². The average molecular weight is 464 g/mol. The molecule has 0 amide bonds. The minimum absolute atomic E-state index is 0.00375. The number of ether oxygens (including phenoxy) is 4. The van der Waals surface area contributed by atoms with Gasteiger partial charge in [0.15, 0.2) is 0 Å². The first-order valence-corrected chi connectivity index (χ1v) is 9.81. The number of ketones is 2. The van der Waals surface area contributed by atoms with E-state index in [1.54, 1.807) is 0 Å². The second kappa shape index (κ2) is 10.1. The summed E-state index contributed by atoms with van der Waals surface area (Å²) in [5.41, 5.74) is -0.225. The fraction of sp³-hybridized carbons (Fsp3) is 0.364. The van der Waals surface area contributed by atoms with Gasteiger partial charge in [0.25, 0.3) is 0 Å². The molecule has 0 aromatic heterocycles. The van der Waals surface area contributed by atoms with Crippen LogP contribution in [0.15, 0.2) is 36.4 Å². The van der Waals surface area contributed by atoms with Crippen molar-refractivity contribution in [2.45, 2.75) is 30.7 Å². The molecule has 5 N–H and O–H groups in total. The molecule has 1 aliphatic rings. The molecule has 11 heteroatoms. The Morgan fingerprint density at radius 2 is 1.36 bits per heavy atom. The second-order valence-electron chi connectivity index (χ2n) is 7.29. The molecule has 1 fully saturated rings. The van der Waals surface area contributed by atoms with Gasteiger partial charge < -0.3 is 44.5 Å². The highest BCUT2D eigenvalue weighted by molar-refractivity contribution is 6.49. The molecule has 2 aromatic rings. The maximum atomic E-state index is 12.8. The number of hydrogen-bond donors (Lipinski definition) is 5. The lowest BCUT2D eigenvalue weighted by Crippen LogP contribution is -2.60. The van der Waals surface area contributed by atoms with E-state index in [-0.39, 0.29) is 16.9 Å². The van der Waals surface area contributed by atoms with Crippen LogP contribution in [0.25, 0.3) is 0 Å². The topological polar surface area (TPSA) is 172 Å². The number of rotatable bonds is 8. The SMILES string of the molecule is COc1cc(OC)cc(C(=O)C(=O)c2cc(O)cc(O[C@@H]3O[C@H](CO)[C@@H](O)[C@H](O)[C@H]3O)c2)c1. The third kappa shape index (κ3) is 5.24. The number of aliphatic hydroxyl groups excluding tert-OH is 4. The van der Waals surface area contributed by atoms with Crippen LogP contribution in [0.2, 0.25) is 0 Å². The van der Waals surface area contributed by atoms with Crippen molar-refractivity contribution in [1.82, 2.24) is 0 Å². The quantitative estimate of drug-likeness (QED) is 0.255. The number of phenols is 1. The van der Waals surface area contributed by atoms with E-state index in [0.29, 0.717) is 11.5 Å². The molecule has 0 aliphatic carbocycles. The van der Waals surface area contributed by atoms with Gasteiger partial charge in [0.2, 0.25) is 17.9 Å². The van der Waals surface area contributed by atoms with Crippen molar-refractivity contribution in [3.8, 4) is 23.0 Å². The standard InChI is InChI=1S/C22H24O11/c1-30-13-4-11(5-14(8-13)31-2)18(26)17(25)10-3-12(24)7-15(6-10)32-22-21(29)20(28)19(27)16(9-23)33-22/h3-8,16,19-24,27-29H,9H2,1-2H3/t16-,19-,20+,21-,22-/m1/s1. The highest BCUT2D eigenvalue weighted by Gasteiger charge is 2.44. The van der Waals surface area contributed by atoms with E-state index in [9.17, 15) is 35.1 Å². The predicted molar refractivity (Wildman–Crippen MR) is 111 cm³/mol. The zero-order valence-electron chi connectivity index (χ0n) is 17.7. The Bertz CT molecular complexity index is 997.